The second-order valence-electron chi connectivity index (χ2n) is 4.25. The Kier molecular flexibility index (Phi) is 3.22. The molecule has 0 amide bonds. The molecule has 0 fully saturated rings. The van der Waals surface area contributed by atoms with Crippen molar-refractivity contribution in [2.24, 2.45) is 5.92 Å². The highest BCUT2D eigenvalue weighted by molar-refractivity contribution is 5.31. The first-order valence-electron chi connectivity index (χ1n) is 5.70. The number of rotatable bonds is 2. The summed E-state index contributed by atoms with van der Waals surface area (Å²) in [6.45, 7) is 2.03. The third-order valence-corrected chi connectivity index (χ3v) is 3.28. The van der Waals surface area contributed by atoms with E-state index in [1.54, 1.807) is 0 Å². The Hall–Kier alpha value is -1.08. The van der Waals surface area contributed by atoms with Crippen LogP contribution in [0, 0.1) is 5.92 Å². The lowest BCUT2D eigenvalue weighted by Crippen LogP contribution is -2.19. The summed E-state index contributed by atoms with van der Waals surface area (Å²) in [5.74, 6) is 0.399. The molecule has 0 unspecified atom stereocenters. The van der Waals surface area contributed by atoms with Gasteiger partial charge in [0.2, 0.25) is 0 Å². The summed E-state index contributed by atoms with van der Waals surface area (Å²) >= 11 is 0. The Morgan fingerprint density at radius 3 is 3.00 bits per heavy atom. The van der Waals surface area contributed by atoms with Crippen molar-refractivity contribution in [2.75, 3.05) is 0 Å². The third-order valence-electron chi connectivity index (χ3n) is 3.28. The van der Waals surface area contributed by atoms with Gasteiger partial charge in [0.25, 0.3) is 0 Å². The topological polar surface area (TPSA) is 20.2 Å². The van der Waals surface area contributed by atoms with Crippen LogP contribution < -0.4 is 0 Å². The van der Waals surface area contributed by atoms with E-state index < -0.39 is 0 Å². The average Bonchev–Trinajstić information content (AvgIpc) is 2.29. The fraction of sp³-hybridized carbons (Fsp3) is 0.429. The van der Waals surface area contributed by atoms with Crippen LogP contribution >= 0.6 is 0 Å². The number of allylic oxidation sites excluding steroid dienone is 2. The van der Waals surface area contributed by atoms with Crippen molar-refractivity contribution in [2.45, 2.75) is 32.3 Å². The van der Waals surface area contributed by atoms with Gasteiger partial charge in [0.1, 0.15) is 0 Å². The highest BCUT2D eigenvalue weighted by Gasteiger charge is 2.26. The Morgan fingerprint density at radius 2 is 2.20 bits per heavy atom. The van der Waals surface area contributed by atoms with Gasteiger partial charge < -0.3 is 5.11 Å². The molecule has 0 radical (unpaired) electrons. The summed E-state index contributed by atoms with van der Waals surface area (Å²) in [5, 5.41) is 10.2. The fourth-order valence-electron chi connectivity index (χ4n) is 2.36. The monoisotopic (exact) mass is 202 g/mol. The highest BCUT2D eigenvalue weighted by atomic mass is 16.3. The van der Waals surface area contributed by atoms with Gasteiger partial charge in [-0.1, -0.05) is 36.4 Å². The van der Waals surface area contributed by atoms with Gasteiger partial charge in [-0.25, -0.2) is 0 Å². The van der Waals surface area contributed by atoms with Crippen LogP contribution in [0.4, 0.5) is 0 Å². The molecule has 0 spiro atoms. The molecule has 0 heterocycles. The van der Waals surface area contributed by atoms with Crippen LogP contribution in [0.15, 0.2) is 36.4 Å². The van der Waals surface area contributed by atoms with Crippen molar-refractivity contribution in [3.63, 3.8) is 0 Å². The van der Waals surface area contributed by atoms with Crippen LogP contribution in [0.25, 0.3) is 0 Å². The first-order valence-corrected chi connectivity index (χ1v) is 5.70. The number of aliphatic hydroxyl groups excluding tert-OH is 1. The number of hydrogen-bond donors (Lipinski definition) is 1. The maximum atomic E-state index is 10.2. The van der Waals surface area contributed by atoms with E-state index in [2.05, 4.69) is 30.4 Å². The summed E-state index contributed by atoms with van der Waals surface area (Å²) in [4.78, 5) is 0. The second kappa shape index (κ2) is 4.63. The molecular formula is C14H18O. The minimum atomic E-state index is -0.272. The van der Waals surface area contributed by atoms with Gasteiger partial charge in [0.15, 0.2) is 0 Å². The molecule has 0 aliphatic heterocycles. The van der Waals surface area contributed by atoms with Gasteiger partial charge >= 0.3 is 0 Å². The van der Waals surface area contributed by atoms with E-state index in [1.807, 2.05) is 13.0 Å². The molecule has 2 rings (SSSR count). The quantitative estimate of drug-likeness (QED) is 0.730. The van der Waals surface area contributed by atoms with Crippen molar-refractivity contribution in [1.82, 2.24) is 0 Å². The maximum absolute atomic E-state index is 10.2. The van der Waals surface area contributed by atoms with Gasteiger partial charge in [0, 0.05) is 0 Å². The van der Waals surface area contributed by atoms with Crippen LogP contribution in [-0.4, -0.2) is 5.11 Å². The number of aryl methyl sites for hydroxylation is 1. The van der Waals surface area contributed by atoms with Crippen molar-refractivity contribution >= 4 is 0 Å². The minimum Gasteiger partial charge on any atom is -0.388 e. The van der Waals surface area contributed by atoms with Crippen LogP contribution in [0.2, 0.25) is 0 Å². The molecule has 1 heteroatoms. The van der Waals surface area contributed by atoms with Crippen LogP contribution in [0.1, 0.15) is 37.0 Å². The third kappa shape index (κ3) is 2.13. The molecule has 0 bridgehead atoms. The Bertz CT molecular complexity index is 354. The largest absolute Gasteiger partial charge is 0.388 e. The first-order chi connectivity index (χ1) is 7.33. The SMILES string of the molecule is C/C=C/C[C@@H]1CCc2ccccc2[C@@H]1O. The van der Waals surface area contributed by atoms with Crippen molar-refractivity contribution in [3.8, 4) is 0 Å². The predicted octanol–water partition coefficient (Wildman–Crippen LogP) is 3.25. The lowest BCUT2D eigenvalue weighted by molar-refractivity contribution is 0.0951. The summed E-state index contributed by atoms with van der Waals surface area (Å²) in [6.07, 6.45) is 7.14. The van der Waals surface area contributed by atoms with E-state index in [0.29, 0.717) is 5.92 Å². The van der Waals surface area contributed by atoms with E-state index in [0.717, 1.165) is 24.8 Å². The number of fused-ring (bicyclic) bond motifs is 1. The second-order valence-corrected chi connectivity index (χ2v) is 4.25. The fourth-order valence-corrected chi connectivity index (χ4v) is 2.36. The van der Waals surface area contributed by atoms with Crippen LogP contribution in [0.3, 0.4) is 0 Å². The van der Waals surface area contributed by atoms with Crippen LogP contribution in [0.5, 0.6) is 0 Å². The van der Waals surface area contributed by atoms with E-state index >= 15 is 0 Å². The number of benzene rings is 1. The van der Waals surface area contributed by atoms with Crippen molar-refractivity contribution in [1.29, 1.82) is 0 Å². The molecule has 1 nitrogen and oxygen atoms in total. The lowest BCUT2D eigenvalue weighted by Gasteiger charge is -2.29. The molecule has 1 aromatic carbocycles. The molecule has 1 aliphatic rings. The van der Waals surface area contributed by atoms with E-state index in [9.17, 15) is 5.11 Å². The molecule has 0 saturated carbocycles. The zero-order valence-corrected chi connectivity index (χ0v) is 9.19. The van der Waals surface area contributed by atoms with Gasteiger partial charge in [0.05, 0.1) is 6.10 Å². The highest BCUT2D eigenvalue weighted by Crippen LogP contribution is 2.36. The average molecular weight is 202 g/mol. The molecule has 80 valence electrons. The maximum Gasteiger partial charge on any atom is 0.0823 e. The molecule has 1 aromatic rings. The van der Waals surface area contributed by atoms with Gasteiger partial charge in [-0.05, 0) is 43.2 Å². The summed E-state index contributed by atoms with van der Waals surface area (Å²) in [5.41, 5.74) is 2.46. The minimum absolute atomic E-state index is 0.272. The number of hydrogen-bond acceptors (Lipinski definition) is 1. The molecule has 1 aliphatic carbocycles. The van der Waals surface area contributed by atoms with E-state index in [4.69, 9.17) is 0 Å². The molecule has 0 aromatic heterocycles. The molecule has 2 atom stereocenters. The van der Waals surface area contributed by atoms with E-state index in [1.165, 1.54) is 5.56 Å². The van der Waals surface area contributed by atoms with Crippen LogP contribution in [-0.2, 0) is 6.42 Å². The molecular weight excluding hydrogens is 184 g/mol. The Balaban J connectivity index is 2.18. The van der Waals surface area contributed by atoms with Gasteiger partial charge in [-0.2, -0.15) is 0 Å². The summed E-state index contributed by atoms with van der Waals surface area (Å²) in [6, 6.07) is 8.25. The Morgan fingerprint density at radius 1 is 1.40 bits per heavy atom. The van der Waals surface area contributed by atoms with Crippen molar-refractivity contribution < 1.29 is 5.11 Å². The standard InChI is InChI=1S/C14H18O/c1-2-3-6-12-10-9-11-7-4-5-8-13(11)14(12)15/h2-5,7-8,12,14-15H,6,9-10H2,1H3/b3-2+/t12-,14-/m1/s1. The summed E-state index contributed by atoms with van der Waals surface area (Å²) in [7, 11) is 0. The zero-order chi connectivity index (χ0) is 10.7. The lowest BCUT2D eigenvalue weighted by atomic mass is 9.80. The molecule has 0 saturated heterocycles. The molecule has 15 heavy (non-hydrogen) atoms. The first kappa shape index (κ1) is 10.4. The Labute approximate surface area is 91.4 Å². The number of aliphatic hydroxyl groups is 1. The van der Waals surface area contributed by atoms with Gasteiger partial charge in [-0.3, -0.25) is 0 Å². The smallest absolute Gasteiger partial charge is 0.0823 e. The molecule has 1 N–H and O–H groups in total. The predicted molar refractivity (Wildman–Crippen MR) is 62.6 cm³/mol. The van der Waals surface area contributed by atoms with Crippen molar-refractivity contribution in [3.05, 3.63) is 47.5 Å². The normalized spacial score (nSPS) is 25.5. The van der Waals surface area contributed by atoms with E-state index in [-0.39, 0.29) is 6.10 Å². The van der Waals surface area contributed by atoms with Gasteiger partial charge in [-0.15, -0.1) is 0 Å². The zero-order valence-electron chi connectivity index (χ0n) is 9.19. The summed E-state index contributed by atoms with van der Waals surface area (Å²) < 4.78 is 0.